The van der Waals surface area contributed by atoms with Gasteiger partial charge in [0.25, 0.3) is 11.5 Å². The SMILES string of the molecule is COc1ccc(-c2c(-c3ccc(C#N)c(F)c3)nc(N3CCC(N(Cc4ccc(/C=C/C(=O)NOC5CCCCO5)cc4)C(=O)OC(C)(C)C)CC3)n(C)c2=O)cc1F. The van der Waals surface area contributed by atoms with E-state index in [9.17, 15) is 28.4 Å². The molecule has 6 rings (SSSR count). The van der Waals surface area contributed by atoms with Crippen molar-refractivity contribution >= 4 is 24.0 Å². The monoisotopic (exact) mass is 810 g/mol. The fourth-order valence-electron chi connectivity index (χ4n) is 7.02. The van der Waals surface area contributed by atoms with Crippen molar-refractivity contribution in [3.63, 3.8) is 0 Å². The topological polar surface area (TPSA) is 148 Å². The van der Waals surface area contributed by atoms with Gasteiger partial charge in [0.2, 0.25) is 5.95 Å². The average molecular weight is 811 g/mol. The van der Waals surface area contributed by atoms with E-state index in [1.165, 1.54) is 48.1 Å². The first-order chi connectivity index (χ1) is 28.2. The normalized spacial score (nSPS) is 16.1. The molecule has 3 heterocycles. The zero-order valence-electron chi connectivity index (χ0n) is 33.8. The molecule has 0 radical (unpaired) electrons. The number of carbonyl (C=O) groups excluding carboxylic acids is 2. The maximum atomic E-state index is 15.0. The largest absolute Gasteiger partial charge is 0.494 e. The summed E-state index contributed by atoms with van der Waals surface area (Å²) in [4.78, 5) is 54.1. The number of piperidine rings is 1. The Hall–Kier alpha value is -6.11. The molecule has 3 aromatic carbocycles. The minimum absolute atomic E-state index is 0.00748. The van der Waals surface area contributed by atoms with Crippen LogP contribution in [0.25, 0.3) is 28.5 Å². The highest BCUT2D eigenvalue weighted by atomic mass is 19.1. The molecule has 0 saturated carbocycles. The molecule has 310 valence electrons. The first kappa shape index (κ1) is 42.5. The molecule has 0 spiro atoms. The van der Waals surface area contributed by atoms with Gasteiger partial charge in [0.05, 0.1) is 23.9 Å². The van der Waals surface area contributed by atoms with Crippen LogP contribution in [0.3, 0.4) is 0 Å². The average Bonchev–Trinajstić information content (AvgIpc) is 3.22. The van der Waals surface area contributed by atoms with Gasteiger partial charge in [0.15, 0.2) is 17.9 Å². The van der Waals surface area contributed by atoms with Gasteiger partial charge in [-0.3, -0.25) is 14.2 Å². The van der Waals surface area contributed by atoms with Crippen molar-refractivity contribution in [3.05, 3.63) is 105 Å². The lowest BCUT2D eigenvalue weighted by atomic mass is 9.98. The number of methoxy groups -OCH3 is 1. The summed E-state index contributed by atoms with van der Waals surface area (Å²) in [5, 5.41) is 9.34. The maximum Gasteiger partial charge on any atom is 0.410 e. The third-order valence-electron chi connectivity index (χ3n) is 10.1. The molecule has 59 heavy (non-hydrogen) atoms. The molecule has 2 amide bonds. The van der Waals surface area contributed by atoms with Crippen LogP contribution in [-0.2, 0) is 32.7 Å². The molecular formula is C44H48F2N6O7. The van der Waals surface area contributed by atoms with Crippen LogP contribution in [0.15, 0.2) is 71.5 Å². The van der Waals surface area contributed by atoms with E-state index >= 15 is 0 Å². The van der Waals surface area contributed by atoms with Crippen LogP contribution in [0.2, 0.25) is 0 Å². The van der Waals surface area contributed by atoms with Crippen molar-refractivity contribution in [2.45, 2.75) is 77.4 Å². The van der Waals surface area contributed by atoms with E-state index in [1.807, 2.05) is 49.9 Å². The Kier molecular flexibility index (Phi) is 13.4. The molecule has 1 unspecified atom stereocenters. The summed E-state index contributed by atoms with van der Waals surface area (Å²) in [5.74, 6) is -1.58. The second kappa shape index (κ2) is 18.6. The van der Waals surface area contributed by atoms with Gasteiger partial charge < -0.3 is 24.0 Å². The lowest BCUT2D eigenvalue weighted by Gasteiger charge is -2.39. The van der Waals surface area contributed by atoms with Crippen LogP contribution in [-0.4, -0.2) is 71.2 Å². The van der Waals surface area contributed by atoms with Gasteiger partial charge in [-0.1, -0.05) is 36.4 Å². The molecule has 1 N–H and O–H groups in total. The van der Waals surface area contributed by atoms with Crippen LogP contribution in [0, 0.1) is 23.0 Å². The molecule has 2 saturated heterocycles. The summed E-state index contributed by atoms with van der Waals surface area (Å²) in [6.45, 7) is 7.11. The Balaban J connectivity index is 1.21. The van der Waals surface area contributed by atoms with Crippen molar-refractivity contribution in [1.82, 2.24) is 19.9 Å². The standard InChI is InChI=1S/C44H48F2N6O7/c1-44(2,3)58-43(55)52(27-29-11-9-28(10-12-29)13-18-37(53)49-59-38-8-6-7-23-57-38)33-19-21-51(22-20-33)42-48-40(31-14-15-32(26-47)34(45)25-31)39(41(54)50(42)4)30-16-17-36(56-5)35(46)24-30/h9-18,24-25,33,38H,6-8,19-23,27H2,1-5H3,(H,49,53)/b18-13+. The molecule has 1 aromatic heterocycles. The van der Waals surface area contributed by atoms with Crippen LogP contribution in [0.4, 0.5) is 19.5 Å². The van der Waals surface area contributed by atoms with Crippen molar-refractivity contribution < 1.29 is 37.4 Å². The quantitative estimate of drug-likeness (QED) is 0.121. The van der Waals surface area contributed by atoms with E-state index in [4.69, 9.17) is 24.0 Å². The number of nitriles is 1. The molecule has 0 bridgehead atoms. The Labute approximate surface area is 341 Å². The van der Waals surface area contributed by atoms with Crippen molar-refractivity contribution in [1.29, 1.82) is 5.26 Å². The highest BCUT2D eigenvalue weighted by Crippen LogP contribution is 2.34. The van der Waals surface area contributed by atoms with Crippen molar-refractivity contribution in [3.8, 4) is 34.2 Å². The number of hydrogen-bond donors (Lipinski definition) is 1. The van der Waals surface area contributed by atoms with E-state index in [-0.39, 0.29) is 46.3 Å². The van der Waals surface area contributed by atoms with Gasteiger partial charge in [-0.2, -0.15) is 5.26 Å². The van der Waals surface area contributed by atoms with Crippen molar-refractivity contribution in [2.24, 2.45) is 7.05 Å². The predicted molar refractivity (Wildman–Crippen MR) is 217 cm³/mol. The zero-order valence-corrected chi connectivity index (χ0v) is 33.8. The number of rotatable bonds is 11. The third kappa shape index (κ3) is 10.5. The molecule has 15 heteroatoms. The number of hydrogen-bond acceptors (Lipinski definition) is 10. The van der Waals surface area contributed by atoms with Crippen LogP contribution >= 0.6 is 0 Å². The first-order valence-electron chi connectivity index (χ1n) is 19.5. The molecule has 13 nitrogen and oxygen atoms in total. The maximum absolute atomic E-state index is 15.0. The predicted octanol–water partition coefficient (Wildman–Crippen LogP) is 7.27. The van der Waals surface area contributed by atoms with Gasteiger partial charge in [-0.25, -0.2) is 28.9 Å². The summed E-state index contributed by atoms with van der Waals surface area (Å²) in [6, 6.07) is 17.1. The molecule has 2 aliphatic heterocycles. The smallest absolute Gasteiger partial charge is 0.410 e. The minimum atomic E-state index is -0.784. The fraction of sp³-hybridized carbons (Fsp3) is 0.386. The Bertz CT molecular complexity index is 2290. The molecule has 2 aliphatic rings. The minimum Gasteiger partial charge on any atom is -0.494 e. The molecule has 2 fully saturated rings. The van der Waals surface area contributed by atoms with E-state index < -0.39 is 41.1 Å². The van der Waals surface area contributed by atoms with Gasteiger partial charge in [0.1, 0.15) is 17.5 Å². The number of benzene rings is 3. The Morgan fingerprint density at radius 1 is 1.02 bits per heavy atom. The Morgan fingerprint density at radius 2 is 1.73 bits per heavy atom. The summed E-state index contributed by atoms with van der Waals surface area (Å²) in [6.07, 6.45) is 5.81. The van der Waals surface area contributed by atoms with Gasteiger partial charge >= 0.3 is 6.09 Å². The lowest BCUT2D eigenvalue weighted by molar-refractivity contribution is -0.198. The Morgan fingerprint density at radius 3 is 2.36 bits per heavy atom. The van der Waals surface area contributed by atoms with E-state index in [0.29, 0.717) is 38.5 Å². The number of ether oxygens (including phenoxy) is 3. The number of halogens is 2. The fourth-order valence-corrected chi connectivity index (χ4v) is 7.02. The molecule has 4 aromatic rings. The van der Waals surface area contributed by atoms with E-state index in [2.05, 4.69) is 5.48 Å². The summed E-state index contributed by atoms with van der Waals surface area (Å²) >= 11 is 0. The number of anilines is 1. The number of amides is 2. The highest BCUT2D eigenvalue weighted by molar-refractivity contribution is 5.91. The summed E-state index contributed by atoms with van der Waals surface area (Å²) in [7, 11) is 2.91. The van der Waals surface area contributed by atoms with Gasteiger partial charge in [-0.15, -0.1) is 0 Å². The highest BCUT2D eigenvalue weighted by Gasteiger charge is 2.33. The number of aromatic nitrogens is 2. The molecule has 0 aliphatic carbocycles. The lowest BCUT2D eigenvalue weighted by Crippen LogP contribution is -2.49. The van der Waals surface area contributed by atoms with Crippen molar-refractivity contribution in [2.75, 3.05) is 31.7 Å². The second-order valence-electron chi connectivity index (χ2n) is 15.4. The van der Waals surface area contributed by atoms with Crippen LogP contribution in [0.1, 0.15) is 69.6 Å². The first-order valence-corrected chi connectivity index (χ1v) is 19.5. The summed E-state index contributed by atoms with van der Waals surface area (Å²) < 4.78 is 47.7. The van der Waals surface area contributed by atoms with Gasteiger partial charge in [0, 0.05) is 57.4 Å². The number of nitrogens with zero attached hydrogens (tertiary/aromatic N) is 5. The number of hydroxylamine groups is 1. The third-order valence-corrected chi connectivity index (χ3v) is 10.1. The number of carbonyl (C=O) groups is 2. The van der Waals surface area contributed by atoms with Crippen LogP contribution in [0.5, 0.6) is 5.75 Å². The molecular weight excluding hydrogens is 763 g/mol. The zero-order chi connectivity index (χ0) is 42.3. The number of nitrogens with one attached hydrogen (secondary N) is 1. The summed E-state index contributed by atoms with van der Waals surface area (Å²) in [5.41, 5.74) is 3.27. The van der Waals surface area contributed by atoms with Crippen LogP contribution < -0.4 is 20.7 Å². The van der Waals surface area contributed by atoms with E-state index in [0.717, 1.165) is 36.5 Å². The second-order valence-corrected chi connectivity index (χ2v) is 15.4. The van der Waals surface area contributed by atoms with Gasteiger partial charge in [-0.05, 0) is 93.5 Å². The van der Waals surface area contributed by atoms with E-state index in [1.54, 1.807) is 24.1 Å². The molecule has 1 atom stereocenters.